The Morgan fingerprint density at radius 3 is 2.52 bits per heavy atom. The molecule has 1 amide bonds. The maximum absolute atomic E-state index is 14.1. The van der Waals surface area contributed by atoms with Crippen molar-refractivity contribution in [2.75, 3.05) is 5.32 Å². The Morgan fingerprint density at radius 1 is 1.33 bits per heavy atom. The minimum atomic E-state index is -0.629. The summed E-state index contributed by atoms with van der Waals surface area (Å²) in [4.78, 5) is 11.8. The lowest BCUT2D eigenvalue weighted by Gasteiger charge is -2.25. The summed E-state index contributed by atoms with van der Waals surface area (Å²) in [6.45, 7) is 5.36. The van der Waals surface area contributed by atoms with Crippen LogP contribution in [0.15, 0.2) is 18.2 Å². The molecule has 2 rings (SSSR count). The number of hydrogen-bond acceptors (Lipinski definition) is 3. The lowest BCUT2D eigenvalue weighted by atomic mass is 9.88. The molecule has 0 saturated heterocycles. The molecule has 21 heavy (non-hydrogen) atoms. The molecule has 0 radical (unpaired) electrons. The van der Waals surface area contributed by atoms with E-state index in [4.69, 9.17) is 10.5 Å². The number of carbonyl (C=O) groups is 1. The van der Waals surface area contributed by atoms with E-state index >= 15 is 0 Å². The van der Waals surface area contributed by atoms with Crippen LogP contribution in [-0.2, 0) is 10.3 Å². The Kier molecular flexibility index (Phi) is 4.23. The number of amides is 1. The van der Waals surface area contributed by atoms with Gasteiger partial charge in [-0.05, 0) is 51.8 Å². The highest BCUT2D eigenvalue weighted by molar-refractivity contribution is 5.85. The van der Waals surface area contributed by atoms with Crippen LogP contribution in [0.3, 0.4) is 0 Å². The van der Waals surface area contributed by atoms with Crippen molar-refractivity contribution in [3.05, 3.63) is 29.6 Å². The number of halogens is 1. The van der Waals surface area contributed by atoms with Crippen molar-refractivity contribution >= 4 is 11.8 Å². The zero-order valence-electron chi connectivity index (χ0n) is 12.8. The topological polar surface area (TPSA) is 64.3 Å². The molecule has 4 nitrogen and oxygen atoms in total. The van der Waals surface area contributed by atoms with E-state index in [9.17, 15) is 9.18 Å². The molecule has 1 aromatic carbocycles. The second kappa shape index (κ2) is 5.64. The summed E-state index contributed by atoms with van der Waals surface area (Å²) in [7, 11) is 0. The predicted molar refractivity (Wildman–Crippen MR) is 80.6 cm³/mol. The minimum Gasteiger partial charge on any atom is -0.444 e. The second-order valence-electron chi connectivity index (χ2n) is 6.68. The van der Waals surface area contributed by atoms with Crippen LogP contribution >= 0.6 is 0 Å². The molecule has 1 aliphatic rings. The first-order valence-corrected chi connectivity index (χ1v) is 7.29. The van der Waals surface area contributed by atoms with Crippen molar-refractivity contribution in [3.8, 4) is 0 Å². The second-order valence-corrected chi connectivity index (χ2v) is 6.68. The third kappa shape index (κ3) is 3.94. The third-order valence-electron chi connectivity index (χ3n) is 3.64. The van der Waals surface area contributed by atoms with E-state index in [0.717, 1.165) is 25.7 Å². The molecular formula is C16H23FN2O2. The first-order chi connectivity index (χ1) is 9.70. The van der Waals surface area contributed by atoms with Crippen LogP contribution in [0.4, 0.5) is 14.9 Å². The molecule has 1 aromatic rings. The molecule has 1 saturated carbocycles. The molecule has 0 aliphatic heterocycles. The van der Waals surface area contributed by atoms with Crippen molar-refractivity contribution in [2.24, 2.45) is 5.73 Å². The fourth-order valence-electron chi connectivity index (χ4n) is 2.68. The maximum atomic E-state index is 14.1. The van der Waals surface area contributed by atoms with E-state index in [1.54, 1.807) is 26.8 Å². The van der Waals surface area contributed by atoms with Crippen molar-refractivity contribution < 1.29 is 13.9 Å². The van der Waals surface area contributed by atoms with E-state index < -0.39 is 17.2 Å². The smallest absolute Gasteiger partial charge is 0.412 e. The summed E-state index contributed by atoms with van der Waals surface area (Å²) in [6.07, 6.45) is 2.97. The van der Waals surface area contributed by atoms with Crippen LogP contribution in [0, 0.1) is 5.82 Å². The first-order valence-electron chi connectivity index (χ1n) is 7.29. The number of nitrogens with one attached hydrogen (secondary N) is 1. The van der Waals surface area contributed by atoms with Gasteiger partial charge >= 0.3 is 6.09 Å². The summed E-state index contributed by atoms with van der Waals surface area (Å²) < 4.78 is 19.2. The van der Waals surface area contributed by atoms with Gasteiger partial charge in [0.05, 0.1) is 0 Å². The molecular weight excluding hydrogens is 271 g/mol. The van der Waals surface area contributed by atoms with Crippen LogP contribution in [0.5, 0.6) is 0 Å². The molecule has 3 N–H and O–H groups in total. The van der Waals surface area contributed by atoms with Crippen molar-refractivity contribution in [1.82, 2.24) is 0 Å². The highest BCUT2D eigenvalue weighted by atomic mass is 19.1. The molecule has 1 fully saturated rings. The summed E-state index contributed by atoms with van der Waals surface area (Å²) in [6, 6.07) is 4.47. The van der Waals surface area contributed by atoms with Crippen LogP contribution in [0.2, 0.25) is 0 Å². The van der Waals surface area contributed by atoms with E-state index in [2.05, 4.69) is 5.32 Å². The van der Waals surface area contributed by atoms with Gasteiger partial charge in [-0.15, -0.1) is 0 Å². The average Bonchev–Trinajstić information content (AvgIpc) is 2.77. The molecule has 116 valence electrons. The summed E-state index contributed by atoms with van der Waals surface area (Å²) in [5.41, 5.74) is 6.06. The monoisotopic (exact) mass is 294 g/mol. The molecule has 1 aliphatic carbocycles. The summed E-state index contributed by atoms with van der Waals surface area (Å²) in [5, 5.41) is 2.62. The van der Waals surface area contributed by atoms with Crippen molar-refractivity contribution in [3.63, 3.8) is 0 Å². The van der Waals surface area contributed by atoms with E-state index in [1.807, 2.05) is 0 Å². The fourth-order valence-corrected chi connectivity index (χ4v) is 2.68. The predicted octanol–water partition coefficient (Wildman–Crippen LogP) is 3.90. The highest BCUT2D eigenvalue weighted by Gasteiger charge is 2.33. The number of nitrogens with two attached hydrogens (primary N) is 1. The van der Waals surface area contributed by atoms with Gasteiger partial charge in [0.25, 0.3) is 0 Å². The lowest BCUT2D eigenvalue weighted by Crippen LogP contribution is -2.34. The largest absolute Gasteiger partial charge is 0.444 e. The van der Waals surface area contributed by atoms with Gasteiger partial charge in [-0.1, -0.05) is 12.8 Å². The van der Waals surface area contributed by atoms with Gasteiger partial charge < -0.3 is 10.5 Å². The fraction of sp³-hybridized carbons (Fsp3) is 0.562. The number of anilines is 1. The molecule has 0 unspecified atom stereocenters. The maximum Gasteiger partial charge on any atom is 0.412 e. The van der Waals surface area contributed by atoms with Crippen molar-refractivity contribution in [1.29, 1.82) is 0 Å². The molecule has 0 atom stereocenters. The van der Waals surface area contributed by atoms with Crippen molar-refractivity contribution in [2.45, 2.75) is 57.6 Å². The standard InChI is InChI=1S/C16H23FN2O2/c1-15(2,3)21-14(20)19-11-6-7-13(17)12(10-11)16(18)8-4-5-9-16/h6-7,10H,4-5,8-9,18H2,1-3H3,(H,19,20). The van der Waals surface area contributed by atoms with E-state index in [0.29, 0.717) is 11.3 Å². The summed E-state index contributed by atoms with van der Waals surface area (Å²) in [5.74, 6) is -0.325. The number of carbonyl (C=O) groups excluding carboxylic acids is 1. The van der Waals surface area contributed by atoms with Gasteiger partial charge in [-0.3, -0.25) is 5.32 Å². The Morgan fingerprint density at radius 2 is 1.95 bits per heavy atom. The normalized spacial score (nSPS) is 17.6. The quantitative estimate of drug-likeness (QED) is 0.869. The van der Waals surface area contributed by atoms with Crippen LogP contribution in [-0.4, -0.2) is 11.7 Å². The molecule has 0 spiro atoms. The summed E-state index contributed by atoms with van der Waals surface area (Å²) >= 11 is 0. The van der Waals surface area contributed by atoms with Crippen LogP contribution < -0.4 is 11.1 Å². The number of benzene rings is 1. The zero-order chi connectivity index (χ0) is 15.7. The zero-order valence-corrected chi connectivity index (χ0v) is 12.8. The molecule has 0 bridgehead atoms. The molecule has 0 heterocycles. The number of hydrogen-bond donors (Lipinski definition) is 2. The van der Waals surface area contributed by atoms with Gasteiger partial charge in [-0.25, -0.2) is 9.18 Å². The van der Waals surface area contributed by atoms with Gasteiger partial charge in [0, 0.05) is 16.8 Å². The SMILES string of the molecule is CC(C)(C)OC(=O)Nc1ccc(F)c(C2(N)CCCC2)c1. The first kappa shape index (κ1) is 15.8. The molecule has 0 aromatic heterocycles. The number of rotatable bonds is 2. The van der Waals surface area contributed by atoms with E-state index in [-0.39, 0.29) is 5.82 Å². The number of ether oxygens (including phenoxy) is 1. The van der Waals surface area contributed by atoms with Crippen LogP contribution in [0.25, 0.3) is 0 Å². The minimum absolute atomic E-state index is 0.325. The Balaban J connectivity index is 2.17. The Bertz CT molecular complexity index is 532. The average molecular weight is 294 g/mol. The third-order valence-corrected chi connectivity index (χ3v) is 3.64. The van der Waals surface area contributed by atoms with Crippen LogP contribution in [0.1, 0.15) is 52.0 Å². The Labute approximate surface area is 124 Å². The van der Waals surface area contributed by atoms with Gasteiger partial charge in [0.2, 0.25) is 0 Å². The van der Waals surface area contributed by atoms with Gasteiger partial charge in [0.15, 0.2) is 0 Å². The Hall–Kier alpha value is -1.62. The molecule has 5 heteroatoms. The highest BCUT2D eigenvalue weighted by Crippen LogP contribution is 2.38. The van der Waals surface area contributed by atoms with Gasteiger partial charge in [0.1, 0.15) is 11.4 Å². The van der Waals surface area contributed by atoms with Gasteiger partial charge in [-0.2, -0.15) is 0 Å². The van der Waals surface area contributed by atoms with E-state index in [1.165, 1.54) is 12.1 Å². The lowest BCUT2D eigenvalue weighted by molar-refractivity contribution is 0.0636.